The predicted molar refractivity (Wildman–Crippen MR) is 74.3 cm³/mol. The van der Waals surface area contributed by atoms with Gasteiger partial charge in [-0.2, -0.15) is 4.98 Å². The second-order valence-electron chi connectivity index (χ2n) is 4.10. The number of ether oxygens (including phenoxy) is 1. The molecular weight excluding hydrogens is 330 g/mol. The third-order valence-electron chi connectivity index (χ3n) is 2.82. The van der Waals surface area contributed by atoms with E-state index in [4.69, 9.17) is 4.74 Å². The first-order chi connectivity index (χ1) is 9.69. The maximum absolute atomic E-state index is 13.6. The molecule has 0 aliphatic rings. The minimum Gasteiger partial charge on any atom is -0.434 e. The Kier molecular flexibility index (Phi) is 3.40. The van der Waals surface area contributed by atoms with Gasteiger partial charge in [-0.15, -0.1) is 0 Å². The minimum absolute atomic E-state index is 0.0583. The highest BCUT2D eigenvalue weighted by atomic mass is 79.9. The van der Waals surface area contributed by atoms with Crippen LogP contribution in [0.2, 0.25) is 0 Å². The van der Waals surface area contributed by atoms with E-state index in [-0.39, 0.29) is 5.75 Å². The highest BCUT2D eigenvalue weighted by molar-refractivity contribution is 9.08. The molecule has 0 saturated heterocycles. The van der Waals surface area contributed by atoms with Crippen LogP contribution in [0.15, 0.2) is 42.6 Å². The maximum Gasteiger partial charge on any atom is 0.242 e. The van der Waals surface area contributed by atoms with Crippen LogP contribution in [0.3, 0.4) is 0 Å². The Labute approximate surface area is 122 Å². The summed E-state index contributed by atoms with van der Waals surface area (Å²) in [6.45, 7) is 0. The zero-order valence-electron chi connectivity index (χ0n) is 10.2. The van der Waals surface area contributed by atoms with Crippen LogP contribution in [-0.4, -0.2) is 9.38 Å². The van der Waals surface area contributed by atoms with E-state index in [0.717, 1.165) is 17.8 Å². The number of fused-ring (bicyclic) bond motifs is 1. The molecule has 0 spiro atoms. The Morgan fingerprint density at radius 3 is 2.80 bits per heavy atom. The van der Waals surface area contributed by atoms with Crippen LogP contribution in [0, 0.1) is 11.6 Å². The summed E-state index contributed by atoms with van der Waals surface area (Å²) in [7, 11) is 0. The molecule has 0 atom stereocenters. The summed E-state index contributed by atoms with van der Waals surface area (Å²) in [5, 5.41) is 0.496. The lowest BCUT2D eigenvalue weighted by Gasteiger charge is -2.05. The molecule has 0 N–H and O–H groups in total. The molecule has 0 bridgehead atoms. The molecule has 3 aromatic rings. The molecule has 2 heterocycles. The molecule has 1 aromatic carbocycles. The van der Waals surface area contributed by atoms with Crippen molar-refractivity contribution < 1.29 is 13.5 Å². The summed E-state index contributed by atoms with van der Waals surface area (Å²) >= 11 is 3.36. The topological polar surface area (TPSA) is 26.5 Å². The summed E-state index contributed by atoms with van der Waals surface area (Å²) in [5.41, 5.74) is 1.45. The zero-order chi connectivity index (χ0) is 14.1. The number of benzene rings is 1. The lowest BCUT2D eigenvalue weighted by molar-refractivity contribution is 0.423. The molecule has 0 aliphatic carbocycles. The number of aromatic nitrogens is 2. The van der Waals surface area contributed by atoms with Crippen LogP contribution in [0.4, 0.5) is 8.78 Å². The van der Waals surface area contributed by atoms with Gasteiger partial charge in [-0.3, -0.25) is 4.40 Å². The summed E-state index contributed by atoms with van der Waals surface area (Å²) in [4.78, 5) is 4.29. The largest absolute Gasteiger partial charge is 0.434 e. The fraction of sp³-hybridized carbons (Fsp3) is 0.0714. The molecule has 3 nitrogen and oxygen atoms in total. The van der Waals surface area contributed by atoms with E-state index in [1.54, 1.807) is 0 Å². The van der Waals surface area contributed by atoms with Crippen molar-refractivity contribution in [3.05, 3.63) is 59.9 Å². The summed E-state index contributed by atoms with van der Waals surface area (Å²) < 4.78 is 33.8. The van der Waals surface area contributed by atoms with E-state index < -0.39 is 11.6 Å². The highest BCUT2D eigenvalue weighted by Gasteiger charge is 2.15. The smallest absolute Gasteiger partial charge is 0.242 e. The predicted octanol–water partition coefficient (Wildman–Crippen LogP) is 4.30. The van der Waals surface area contributed by atoms with E-state index in [0.29, 0.717) is 16.9 Å². The number of pyridine rings is 1. The number of hydrogen-bond acceptors (Lipinski definition) is 2. The quantitative estimate of drug-likeness (QED) is 0.665. The van der Waals surface area contributed by atoms with E-state index in [2.05, 4.69) is 20.9 Å². The van der Waals surface area contributed by atoms with Crippen LogP contribution in [0.25, 0.3) is 5.65 Å². The van der Waals surface area contributed by atoms with Gasteiger partial charge in [-0.25, -0.2) is 8.78 Å². The molecule has 0 unspecified atom stereocenters. The van der Waals surface area contributed by atoms with Crippen molar-refractivity contribution in [2.75, 3.05) is 0 Å². The number of hydrogen-bond donors (Lipinski definition) is 0. The van der Waals surface area contributed by atoms with Gasteiger partial charge in [-0.1, -0.05) is 22.0 Å². The van der Waals surface area contributed by atoms with E-state index in [1.165, 1.54) is 6.07 Å². The molecule has 0 radical (unpaired) electrons. The number of nitrogens with zero attached hydrogens (tertiary/aromatic N) is 2. The maximum atomic E-state index is 13.6. The van der Waals surface area contributed by atoms with Crippen LogP contribution >= 0.6 is 15.9 Å². The third-order valence-corrected chi connectivity index (χ3v) is 3.35. The Balaban J connectivity index is 2.06. The Hall–Kier alpha value is -1.95. The van der Waals surface area contributed by atoms with Gasteiger partial charge in [0.25, 0.3) is 0 Å². The van der Waals surface area contributed by atoms with Crippen LogP contribution in [0.5, 0.6) is 11.6 Å². The van der Waals surface area contributed by atoms with E-state index in [1.807, 2.05) is 28.8 Å². The number of alkyl halides is 1. The van der Waals surface area contributed by atoms with Crippen molar-refractivity contribution in [1.29, 1.82) is 0 Å². The molecule has 0 amide bonds. The van der Waals surface area contributed by atoms with Gasteiger partial charge in [0.1, 0.15) is 11.5 Å². The lowest BCUT2D eigenvalue weighted by Crippen LogP contribution is -1.94. The van der Waals surface area contributed by atoms with Gasteiger partial charge >= 0.3 is 0 Å². The molecule has 20 heavy (non-hydrogen) atoms. The normalized spacial score (nSPS) is 10.9. The van der Waals surface area contributed by atoms with Gasteiger partial charge in [0, 0.05) is 17.6 Å². The highest BCUT2D eigenvalue weighted by Crippen LogP contribution is 2.29. The van der Waals surface area contributed by atoms with Crippen molar-refractivity contribution in [2.24, 2.45) is 0 Å². The van der Waals surface area contributed by atoms with E-state index >= 15 is 0 Å². The number of halogens is 3. The lowest BCUT2D eigenvalue weighted by atomic mass is 10.3. The molecule has 6 heteroatoms. The molecular formula is C14H9BrF2N2O. The summed E-state index contributed by atoms with van der Waals surface area (Å²) in [5.74, 6) is -1.18. The van der Waals surface area contributed by atoms with Crippen molar-refractivity contribution in [2.45, 2.75) is 5.33 Å². The van der Waals surface area contributed by atoms with Crippen molar-refractivity contribution in [3.63, 3.8) is 0 Å². The fourth-order valence-electron chi connectivity index (χ4n) is 1.89. The van der Waals surface area contributed by atoms with Gasteiger partial charge in [-0.05, 0) is 24.3 Å². The SMILES string of the molecule is Fc1ccc(Oc2nc3ccccn3c2CBr)c(F)c1. The fourth-order valence-corrected chi connectivity index (χ4v) is 2.40. The third kappa shape index (κ3) is 2.27. The Morgan fingerprint density at radius 2 is 2.05 bits per heavy atom. The first kappa shape index (κ1) is 13.1. The van der Waals surface area contributed by atoms with Crippen LogP contribution in [-0.2, 0) is 5.33 Å². The standard InChI is InChI=1S/C14H9BrF2N2O/c15-8-11-14(18-13-3-1-2-6-19(11)13)20-12-5-4-9(16)7-10(12)17/h1-7H,8H2. The monoisotopic (exact) mass is 338 g/mol. The van der Waals surface area contributed by atoms with Crippen LogP contribution < -0.4 is 4.74 Å². The number of rotatable bonds is 3. The van der Waals surface area contributed by atoms with Gasteiger partial charge in [0.2, 0.25) is 5.88 Å². The van der Waals surface area contributed by atoms with Gasteiger partial charge in [0.15, 0.2) is 11.6 Å². The molecule has 0 aliphatic heterocycles. The second kappa shape index (κ2) is 5.20. The van der Waals surface area contributed by atoms with E-state index in [9.17, 15) is 8.78 Å². The molecule has 0 fully saturated rings. The van der Waals surface area contributed by atoms with Crippen molar-refractivity contribution in [3.8, 4) is 11.6 Å². The Morgan fingerprint density at radius 1 is 1.20 bits per heavy atom. The van der Waals surface area contributed by atoms with Crippen molar-refractivity contribution in [1.82, 2.24) is 9.38 Å². The average Bonchev–Trinajstić information content (AvgIpc) is 2.79. The first-order valence-corrected chi connectivity index (χ1v) is 6.96. The summed E-state index contributed by atoms with van der Waals surface area (Å²) in [6.07, 6.45) is 1.84. The minimum atomic E-state index is -0.762. The second-order valence-corrected chi connectivity index (χ2v) is 4.66. The molecule has 0 saturated carbocycles. The number of imidazole rings is 1. The molecule has 2 aromatic heterocycles. The summed E-state index contributed by atoms with van der Waals surface area (Å²) in [6, 6.07) is 8.69. The first-order valence-electron chi connectivity index (χ1n) is 5.84. The zero-order valence-corrected chi connectivity index (χ0v) is 11.8. The van der Waals surface area contributed by atoms with Crippen molar-refractivity contribution >= 4 is 21.6 Å². The average molecular weight is 339 g/mol. The van der Waals surface area contributed by atoms with Gasteiger partial charge < -0.3 is 4.74 Å². The molecule has 102 valence electrons. The Bertz CT molecular complexity index is 773. The van der Waals surface area contributed by atoms with Gasteiger partial charge in [0.05, 0.1) is 5.69 Å². The van der Waals surface area contributed by atoms with Crippen LogP contribution in [0.1, 0.15) is 5.69 Å². The molecule has 3 rings (SSSR count).